The lowest BCUT2D eigenvalue weighted by Crippen LogP contribution is -2.16. The largest absolute Gasteiger partial charge is 0.510 e. The molecule has 0 aliphatic heterocycles. The number of fused-ring (bicyclic) bond motifs is 1. The van der Waals surface area contributed by atoms with Gasteiger partial charge in [-0.1, -0.05) is 39.5 Å². The number of ether oxygens (including phenoxy) is 6. The first kappa shape index (κ1) is 35.8. The van der Waals surface area contributed by atoms with Crippen LogP contribution < -0.4 is 10.5 Å². The number of nitrogen functional groups attached to an aromatic ring is 1. The fraction of sp³-hybridized carbons (Fsp3) is 0.519. The summed E-state index contributed by atoms with van der Waals surface area (Å²) in [5.41, 5.74) is 6.98. The van der Waals surface area contributed by atoms with Crippen LogP contribution in [0.25, 0.3) is 11.2 Å². The summed E-state index contributed by atoms with van der Waals surface area (Å²) in [5.74, 6) is 0.961. The number of benzene rings is 1. The molecule has 3 aromatic rings. The average Bonchev–Trinajstić information content (AvgIpc) is 3.40. The van der Waals surface area contributed by atoms with E-state index in [9.17, 15) is 14.2 Å². The van der Waals surface area contributed by atoms with E-state index in [1.165, 1.54) is 11.8 Å². The van der Waals surface area contributed by atoms with Gasteiger partial charge in [-0.15, -0.1) is 0 Å². The van der Waals surface area contributed by atoms with Crippen LogP contribution in [-0.2, 0) is 43.8 Å². The quantitative estimate of drug-likeness (QED) is 0.0601. The van der Waals surface area contributed by atoms with Crippen LogP contribution in [-0.4, -0.2) is 78.7 Å². The Bertz CT molecular complexity index is 1400. The Balaban J connectivity index is 1.59. The highest BCUT2D eigenvalue weighted by Crippen LogP contribution is 2.48. The zero-order chi connectivity index (χ0) is 32.8. The summed E-state index contributed by atoms with van der Waals surface area (Å²) in [6.45, 7) is 6.40. The molecule has 0 aliphatic carbocycles. The molecule has 0 atom stereocenters. The summed E-state index contributed by atoms with van der Waals surface area (Å²) < 4.78 is 55.5. The number of carbonyl (C=O) groups excluding carboxylic acids is 2. The molecule has 0 aliphatic rings. The smallest absolute Gasteiger partial charge is 0.497 e. The minimum absolute atomic E-state index is 0.0155. The van der Waals surface area contributed by atoms with Gasteiger partial charge in [0.2, 0.25) is 19.5 Å². The first-order chi connectivity index (χ1) is 21.5. The highest BCUT2D eigenvalue weighted by Gasteiger charge is 2.27. The molecule has 0 spiro atoms. The van der Waals surface area contributed by atoms with Gasteiger partial charge in [-0.05, 0) is 36.1 Å². The van der Waals surface area contributed by atoms with Gasteiger partial charge in [0.05, 0.1) is 33.3 Å². The Morgan fingerprint density at radius 1 is 0.933 bits per heavy atom. The Kier molecular flexibility index (Phi) is 14.1. The van der Waals surface area contributed by atoms with Gasteiger partial charge in [-0.2, -0.15) is 4.98 Å². The van der Waals surface area contributed by atoms with Crippen LogP contribution in [0.1, 0.15) is 27.7 Å². The Morgan fingerprint density at radius 3 is 2.09 bits per heavy atom. The van der Waals surface area contributed by atoms with Crippen molar-refractivity contribution in [3.8, 4) is 5.75 Å². The van der Waals surface area contributed by atoms with Crippen LogP contribution in [0.2, 0.25) is 0 Å². The van der Waals surface area contributed by atoms with Gasteiger partial charge in [0.25, 0.3) is 0 Å². The Hall–Kier alpha value is -3.63. The molecule has 0 bridgehead atoms. The van der Waals surface area contributed by atoms with Crippen molar-refractivity contribution in [2.75, 3.05) is 52.6 Å². The number of methoxy groups -OCH3 is 1. The molecular formula is C27H38N5O11PS. The maximum atomic E-state index is 13.3. The number of hydrogen-bond donors (Lipinski definition) is 1. The van der Waals surface area contributed by atoms with Crippen LogP contribution in [0.3, 0.4) is 0 Å². The molecule has 0 saturated heterocycles. The van der Waals surface area contributed by atoms with E-state index in [-0.39, 0.29) is 44.1 Å². The van der Waals surface area contributed by atoms with Gasteiger partial charge in [0.15, 0.2) is 5.65 Å². The maximum Gasteiger partial charge on any atom is 0.510 e. The van der Waals surface area contributed by atoms with Crippen molar-refractivity contribution in [1.29, 1.82) is 0 Å². The molecule has 0 radical (unpaired) electrons. The highest BCUT2D eigenvalue weighted by molar-refractivity contribution is 7.99. The number of imidazole rings is 1. The average molecular weight is 672 g/mol. The molecule has 1 aromatic carbocycles. The fourth-order valence-corrected chi connectivity index (χ4v) is 5.12. The maximum absolute atomic E-state index is 13.3. The normalized spacial score (nSPS) is 11.6. The fourth-order valence-electron chi connectivity index (χ4n) is 3.24. The third-order valence-corrected chi connectivity index (χ3v) is 7.85. The van der Waals surface area contributed by atoms with Crippen molar-refractivity contribution in [3.05, 3.63) is 30.6 Å². The molecule has 0 saturated carbocycles. The second-order valence-electron chi connectivity index (χ2n) is 10.1. The van der Waals surface area contributed by atoms with Crippen LogP contribution in [0.5, 0.6) is 5.75 Å². The molecule has 248 valence electrons. The second kappa shape index (κ2) is 17.8. The van der Waals surface area contributed by atoms with Gasteiger partial charge in [-0.3, -0.25) is 13.6 Å². The minimum atomic E-state index is -4.09. The lowest BCUT2D eigenvalue weighted by atomic mass is 10.2. The first-order valence-corrected chi connectivity index (χ1v) is 16.4. The minimum Gasteiger partial charge on any atom is -0.497 e. The summed E-state index contributed by atoms with van der Waals surface area (Å²) >= 11 is 1.37. The van der Waals surface area contributed by atoms with Gasteiger partial charge >= 0.3 is 19.9 Å². The summed E-state index contributed by atoms with van der Waals surface area (Å²) in [6.07, 6.45) is -1.03. The first-order valence-electron chi connectivity index (χ1n) is 13.8. The SMILES string of the molecule is COc1ccc(Sc2nc(N)nc3c2ncn3CCOCP(=O)(OCOC(=O)OCC(C)C)OCOC(=O)OCC(C)C)cc1. The lowest BCUT2D eigenvalue weighted by Gasteiger charge is -2.18. The van der Waals surface area contributed by atoms with Crippen molar-refractivity contribution in [1.82, 2.24) is 19.5 Å². The third-order valence-electron chi connectivity index (χ3n) is 5.37. The zero-order valence-corrected chi connectivity index (χ0v) is 27.4. The number of hydrogen-bond acceptors (Lipinski definition) is 16. The monoisotopic (exact) mass is 671 g/mol. The molecule has 18 heteroatoms. The molecule has 3 rings (SSSR count). The summed E-state index contributed by atoms with van der Waals surface area (Å²) in [4.78, 5) is 37.5. The van der Waals surface area contributed by atoms with Crippen molar-refractivity contribution < 1.29 is 51.6 Å². The number of aromatic nitrogens is 4. The molecule has 2 N–H and O–H groups in total. The van der Waals surface area contributed by atoms with Gasteiger partial charge in [0.1, 0.15) is 22.6 Å². The van der Waals surface area contributed by atoms with Crippen LogP contribution in [0.4, 0.5) is 15.5 Å². The van der Waals surface area contributed by atoms with E-state index < -0.39 is 39.8 Å². The van der Waals surface area contributed by atoms with Crippen LogP contribution in [0, 0.1) is 11.8 Å². The molecule has 0 unspecified atom stereocenters. The van der Waals surface area contributed by atoms with E-state index in [0.717, 1.165) is 10.6 Å². The van der Waals surface area contributed by atoms with E-state index >= 15 is 0 Å². The van der Waals surface area contributed by atoms with Gasteiger partial charge < -0.3 is 38.7 Å². The predicted octanol–water partition coefficient (Wildman–Crippen LogP) is 5.30. The molecule has 16 nitrogen and oxygen atoms in total. The van der Waals surface area contributed by atoms with Crippen molar-refractivity contribution >= 4 is 48.8 Å². The summed E-state index contributed by atoms with van der Waals surface area (Å²) in [5, 5.41) is 0.562. The highest BCUT2D eigenvalue weighted by atomic mass is 32.2. The number of carbonyl (C=O) groups is 2. The Morgan fingerprint density at radius 2 is 1.53 bits per heavy atom. The molecule has 2 aromatic heterocycles. The summed E-state index contributed by atoms with van der Waals surface area (Å²) in [6, 6.07) is 7.45. The van der Waals surface area contributed by atoms with Crippen molar-refractivity contribution in [2.45, 2.75) is 44.2 Å². The number of nitrogens with zero attached hydrogens (tertiary/aromatic N) is 4. The summed E-state index contributed by atoms with van der Waals surface area (Å²) in [7, 11) is -2.50. The Labute approximate surface area is 264 Å². The van der Waals surface area contributed by atoms with E-state index in [1.54, 1.807) is 18.0 Å². The zero-order valence-electron chi connectivity index (χ0n) is 25.7. The van der Waals surface area contributed by atoms with E-state index in [1.807, 2.05) is 52.0 Å². The van der Waals surface area contributed by atoms with Gasteiger partial charge in [0, 0.05) is 11.4 Å². The molecule has 45 heavy (non-hydrogen) atoms. The number of rotatable bonds is 18. The van der Waals surface area contributed by atoms with Crippen LogP contribution in [0.15, 0.2) is 40.5 Å². The second-order valence-corrected chi connectivity index (χ2v) is 13.2. The van der Waals surface area contributed by atoms with E-state index in [0.29, 0.717) is 16.2 Å². The van der Waals surface area contributed by atoms with E-state index in [2.05, 4.69) is 15.0 Å². The number of anilines is 1. The van der Waals surface area contributed by atoms with E-state index in [4.69, 9.17) is 43.2 Å². The third kappa shape index (κ3) is 12.4. The molecule has 0 fully saturated rings. The molecule has 2 heterocycles. The van der Waals surface area contributed by atoms with Crippen molar-refractivity contribution in [3.63, 3.8) is 0 Å². The lowest BCUT2D eigenvalue weighted by molar-refractivity contribution is -0.0288. The van der Waals surface area contributed by atoms with Gasteiger partial charge in [-0.25, -0.2) is 19.6 Å². The number of nitrogens with two attached hydrogens (primary N) is 1. The molecular weight excluding hydrogens is 633 g/mol. The van der Waals surface area contributed by atoms with Crippen molar-refractivity contribution in [2.24, 2.45) is 11.8 Å². The molecule has 0 amide bonds. The van der Waals surface area contributed by atoms with Crippen LogP contribution >= 0.6 is 19.4 Å². The standard InChI is InChI=1S/C27H38N5O11PS/c1-18(2)12-38-26(33)40-15-42-44(35,43-16-41-27(34)39-13-19(3)4)17-37-11-10-32-14-29-22-23(32)30-25(28)31-24(22)45-21-8-6-20(36-5)7-9-21/h6-9,14,18-19H,10-13,15-17H2,1-5H3,(H2,28,30,31). The topological polar surface area (TPSA) is 195 Å². The predicted molar refractivity (Wildman–Crippen MR) is 162 cm³/mol.